The SMILES string of the molecule is CC(C)[Si](C#Cc1c2cc3ccccc3cc2c(C#C[Si](C(C)C)(C(C)C)C(C)C)c2nc3c(nc12)Nc1cc(Cl)c(Cl)cc1N3)(C(C)C)C(C)C. The van der Waals surface area contributed by atoms with Gasteiger partial charge in [0.05, 0.1) is 32.5 Å². The zero-order valence-electron chi connectivity index (χ0n) is 32.7. The van der Waals surface area contributed by atoms with Crippen molar-refractivity contribution in [2.75, 3.05) is 10.6 Å². The summed E-state index contributed by atoms with van der Waals surface area (Å²) in [5.41, 5.74) is 15.9. The Bertz CT molecular complexity index is 2130. The molecule has 1 aliphatic rings. The molecule has 0 atom stereocenters. The van der Waals surface area contributed by atoms with Gasteiger partial charge in [-0.05, 0) is 68.3 Å². The number of fused-ring (bicyclic) bond motifs is 5. The number of rotatable bonds is 6. The predicted octanol–water partition coefficient (Wildman–Crippen LogP) is 14.2. The van der Waals surface area contributed by atoms with E-state index in [9.17, 15) is 0 Å². The second-order valence-corrected chi connectivity index (χ2v) is 28.4. The highest BCUT2D eigenvalue weighted by atomic mass is 35.5. The summed E-state index contributed by atoms with van der Waals surface area (Å²) in [6.07, 6.45) is 0. The molecule has 52 heavy (non-hydrogen) atoms. The van der Waals surface area contributed by atoms with E-state index < -0.39 is 16.1 Å². The fourth-order valence-corrected chi connectivity index (χ4v) is 20.1. The van der Waals surface area contributed by atoms with Gasteiger partial charge in [0, 0.05) is 10.8 Å². The molecule has 270 valence electrons. The van der Waals surface area contributed by atoms with Gasteiger partial charge in [-0.2, -0.15) is 0 Å². The summed E-state index contributed by atoms with van der Waals surface area (Å²) in [4.78, 5) is 10.8. The molecule has 8 heteroatoms. The Balaban J connectivity index is 1.80. The molecule has 0 bridgehead atoms. The van der Waals surface area contributed by atoms with Gasteiger partial charge in [-0.15, -0.1) is 11.1 Å². The molecule has 5 aromatic rings. The molecule has 0 amide bonds. The highest BCUT2D eigenvalue weighted by Crippen LogP contribution is 2.45. The molecule has 0 radical (unpaired) electrons. The molecule has 2 heterocycles. The summed E-state index contributed by atoms with van der Waals surface area (Å²) in [7, 11) is -4.21. The average molecular weight is 764 g/mol. The van der Waals surface area contributed by atoms with Crippen molar-refractivity contribution in [3.8, 4) is 22.9 Å². The topological polar surface area (TPSA) is 49.8 Å². The smallest absolute Gasteiger partial charge is 0.174 e. The third kappa shape index (κ3) is 6.30. The molecule has 6 rings (SSSR count). The first kappa shape index (κ1) is 38.2. The number of hydrogen-bond acceptors (Lipinski definition) is 4. The van der Waals surface area contributed by atoms with E-state index in [4.69, 9.17) is 33.2 Å². The van der Waals surface area contributed by atoms with Gasteiger partial charge in [0.1, 0.15) is 27.2 Å². The molecule has 0 saturated carbocycles. The zero-order chi connectivity index (χ0) is 37.9. The van der Waals surface area contributed by atoms with Crippen LogP contribution in [0.4, 0.5) is 23.0 Å². The molecule has 1 aliphatic heterocycles. The summed E-state index contributed by atoms with van der Waals surface area (Å²) < 4.78 is 0. The number of nitrogens with one attached hydrogen (secondary N) is 2. The second-order valence-electron chi connectivity index (χ2n) is 16.5. The minimum Gasteiger partial charge on any atom is -0.335 e. The van der Waals surface area contributed by atoms with Gasteiger partial charge in [0.15, 0.2) is 11.6 Å². The van der Waals surface area contributed by atoms with Gasteiger partial charge in [0.2, 0.25) is 0 Å². The summed E-state index contributed by atoms with van der Waals surface area (Å²) >= 11 is 12.9. The van der Waals surface area contributed by atoms with Crippen molar-refractivity contribution >= 4 is 94.9 Å². The van der Waals surface area contributed by atoms with Crippen LogP contribution in [0.2, 0.25) is 43.3 Å². The lowest BCUT2D eigenvalue weighted by Gasteiger charge is -2.38. The normalized spacial score (nSPS) is 13.1. The lowest BCUT2D eigenvalue weighted by Crippen LogP contribution is -2.43. The van der Waals surface area contributed by atoms with Crippen LogP contribution < -0.4 is 10.6 Å². The monoisotopic (exact) mass is 762 g/mol. The van der Waals surface area contributed by atoms with Crippen LogP contribution in [0.5, 0.6) is 0 Å². The Morgan fingerprint density at radius 3 is 1.15 bits per heavy atom. The number of anilines is 4. The van der Waals surface area contributed by atoms with E-state index in [1.54, 1.807) is 0 Å². The number of hydrogen-bond donors (Lipinski definition) is 2. The van der Waals surface area contributed by atoms with Gasteiger partial charge in [-0.1, -0.05) is 142 Å². The van der Waals surface area contributed by atoms with Crippen LogP contribution in [0, 0.1) is 22.9 Å². The Morgan fingerprint density at radius 1 is 0.519 bits per heavy atom. The Hall–Kier alpha value is -3.53. The Kier molecular flexibility index (Phi) is 10.6. The first-order chi connectivity index (χ1) is 24.5. The van der Waals surface area contributed by atoms with E-state index in [-0.39, 0.29) is 0 Å². The molecular formula is C44H52Cl2N4Si2. The van der Waals surface area contributed by atoms with Crippen LogP contribution in [-0.4, -0.2) is 26.1 Å². The molecule has 0 spiro atoms. The minimum absolute atomic E-state index is 0.472. The molecule has 0 saturated heterocycles. The lowest BCUT2D eigenvalue weighted by molar-refractivity contribution is 0.838. The average Bonchev–Trinajstić information content (AvgIpc) is 3.06. The molecule has 2 N–H and O–H groups in total. The Morgan fingerprint density at radius 2 is 0.846 bits per heavy atom. The molecular weight excluding hydrogens is 712 g/mol. The second kappa shape index (κ2) is 14.4. The fourth-order valence-electron chi connectivity index (χ4n) is 9.34. The van der Waals surface area contributed by atoms with E-state index in [2.05, 4.69) is 153 Å². The number of benzene rings is 4. The lowest BCUT2D eigenvalue weighted by atomic mass is 9.94. The molecule has 4 nitrogen and oxygen atoms in total. The highest BCUT2D eigenvalue weighted by molar-refractivity contribution is 6.91. The van der Waals surface area contributed by atoms with Crippen LogP contribution >= 0.6 is 23.2 Å². The van der Waals surface area contributed by atoms with Crippen molar-refractivity contribution in [1.82, 2.24) is 9.97 Å². The number of halogens is 2. The van der Waals surface area contributed by atoms with Crippen molar-refractivity contribution in [2.45, 2.75) is 116 Å². The maximum absolute atomic E-state index is 6.46. The molecule has 1 aromatic heterocycles. The van der Waals surface area contributed by atoms with E-state index in [0.29, 0.717) is 54.9 Å². The minimum atomic E-state index is -2.10. The zero-order valence-corrected chi connectivity index (χ0v) is 36.2. The molecule has 0 fully saturated rings. The maximum Gasteiger partial charge on any atom is 0.174 e. The third-order valence-electron chi connectivity index (χ3n) is 11.9. The van der Waals surface area contributed by atoms with Crippen molar-refractivity contribution in [3.05, 3.63) is 69.7 Å². The highest BCUT2D eigenvalue weighted by Gasteiger charge is 2.43. The van der Waals surface area contributed by atoms with Gasteiger partial charge < -0.3 is 10.6 Å². The van der Waals surface area contributed by atoms with Gasteiger partial charge in [-0.25, -0.2) is 9.97 Å². The van der Waals surface area contributed by atoms with E-state index >= 15 is 0 Å². The third-order valence-corrected chi connectivity index (χ3v) is 25.2. The summed E-state index contributed by atoms with van der Waals surface area (Å²) in [6.45, 7) is 28.3. The van der Waals surface area contributed by atoms with Crippen molar-refractivity contribution in [3.63, 3.8) is 0 Å². The predicted molar refractivity (Wildman–Crippen MR) is 233 cm³/mol. The van der Waals surface area contributed by atoms with Crippen molar-refractivity contribution in [1.29, 1.82) is 0 Å². The van der Waals surface area contributed by atoms with Crippen LogP contribution in [0.25, 0.3) is 32.6 Å². The quantitative estimate of drug-likeness (QED) is 0.101. The van der Waals surface area contributed by atoms with Crippen LogP contribution in [-0.2, 0) is 0 Å². The first-order valence-corrected chi connectivity index (χ1v) is 24.0. The molecule has 0 aliphatic carbocycles. The largest absolute Gasteiger partial charge is 0.335 e. The van der Waals surface area contributed by atoms with Gasteiger partial charge in [-0.3, -0.25) is 0 Å². The standard InChI is InChI=1S/C44H52Cl2N4Si2/c1-25(2)51(26(3)4,27(5)6)19-17-33-35-21-31-15-13-14-16-32(31)22-36(35)34(18-20-52(28(7)8,29(9)10)30(11)12)42-41(33)49-43-44(50-42)48-40-24-38(46)37(45)23-39(40)47-43/h13-16,21-30H,1-12H3,(H,47,49)(H,48,50). The molecule has 4 aromatic carbocycles. The maximum atomic E-state index is 6.46. The molecule has 0 unspecified atom stereocenters. The first-order valence-electron chi connectivity index (χ1n) is 18.8. The van der Waals surface area contributed by atoms with E-state index in [0.717, 1.165) is 55.1 Å². The Labute approximate surface area is 322 Å². The van der Waals surface area contributed by atoms with E-state index in [1.807, 2.05) is 12.1 Å². The fraction of sp³-hybridized carbons (Fsp3) is 0.409. The number of nitrogens with zero attached hydrogens (tertiary/aromatic N) is 2. The summed E-state index contributed by atoms with van der Waals surface area (Å²) in [5, 5.41) is 12.4. The van der Waals surface area contributed by atoms with Crippen LogP contribution in [0.15, 0.2) is 48.5 Å². The summed E-state index contributed by atoms with van der Waals surface area (Å²) in [6, 6.07) is 16.8. The van der Waals surface area contributed by atoms with Gasteiger partial charge >= 0.3 is 0 Å². The number of aromatic nitrogens is 2. The van der Waals surface area contributed by atoms with Crippen molar-refractivity contribution in [2.24, 2.45) is 0 Å². The summed E-state index contributed by atoms with van der Waals surface area (Å²) in [5.74, 6) is 8.96. The van der Waals surface area contributed by atoms with Crippen molar-refractivity contribution < 1.29 is 0 Å². The van der Waals surface area contributed by atoms with Crippen LogP contribution in [0.3, 0.4) is 0 Å². The van der Waals surface area contributed by atoms with E-state index in [1.165, 1.54) is 0 Å². The van der Waals surface area contributed by atoms with Gasteiger partial charge in [0.25, 0.3) is 0 Å². The van der Waals surface area contributed by atoms with Crippen LogP contribution in [0.1, 0.15) is 94.2 Å².